The molecule has 0 heterocycles. The first-order valence-electron chi connectivity index (χ1n) is 6.11. The highest BCUT2D eigenvalue weighted by molar-refractivity contribution is 5.20. The van der Waals surface area contributed by atoms with Crippen LogP contribution in [0.1, 0.15) is 47.5 Å². The number of ether oxygens (including phenoxy) is 1. The number of hydrogen-bond donors (Lipinski definition) is 0. The average molecular weight is 210 g/mol. The zero-order valence-corrected chi connectivity index (χ0v) is 10.9. The topological polar surface area (TPSA) is 9.23 Å². The lowest BCUT2D eigenvalue weighted by atomic mass is 10.3. The zero-order chi connectivity index (χ0) is 11.9. The molecule has 0 spiro atoms. The zero-order valence-electron chi connectivity index (χ0n) is 10.9. The first-order valence-corrected chi connectivity index (χ1v) is 6.11. The lowest BCUT2D eigenvalue weighted by Gasteiger charge is -2.03. The van der Waals surface area contributed by atoms with Gasteiger partial charge in [0.2, 0.25) is 0 Å². The van der Waals surface area contributed by atoms with E-state index in [0.717, 1.165) is 18.8 Å². The molecule has 0 saturated heterocycles. The van der Waals surface area contributed by atoms with Crippen LogP contribution in [0.25, 0.3) is 0 Å². The summed E-state index contributed by atoms with van der Waals surface area (Å²) in [6.45, 7) is 11.0. The highest BCUT2D eigenvalue weighted by Crippen LogP contribution is 2.08. The van der Waals surface area contributed by atoms with E-state index in [1.54, 1.807) is 0 Å². The average Bonchev–Trinajstić information content (AvgIpc) is 2.36. The third-order valence-electron chi connectivity index (χ3n) is 1.51. The fourth-order valence-electron chi connectivity index (χ4n) is 0.851. The van der Waals surface area contributed by atoms with Crippen molar-refractivity contribution in [1.29, 1.82) is 0 Å². The van der Waals surface area contributed by atoms with Crippen molar-refractivity contribution in [3.8, 4) is 5.75 Å². The van der Waals surface area contributed by atoms with Gasteiger partial charge in [-0.15, -0.1) is 0 Å². The minimum absolute atomic E-state index is 0.834. The molecular formula is C14H26O. The van der Waals surface area contributed by atoms with Gasteiger partial charge in [-0.2, -0.15) is 0 Å². The standard InChI is InChI=1S/C10H14O.2C2H6/c1-2-3-9-11-10-7-5-4-6-8-10;2*1-2/h4-8H,2-3,9H2,1H3;2*1-2H3. The Morgan fingerprint density at radius 2 is 1.47 bits per heavy atom. The van der Waals surface area contributed by atoms with Gasteiger partial charge in [-0.25, -0.2) is 0 Å². The Morgan fingerprint density at radius 1 is 0.933 bits per heavy atom. The van der Waals surface area contributed by atoms with Gasteiger partial charge in [-0.3, -0.25) is 0 Å². The van der Waals surface area contributed by atoms with Crippen molar-refractivity contribution in [3.63, 3.8) is 0 Å². The minimum atomic E-state index is 0.834. The van der Waals surface area contributed by atoms with E-state index in [0.29, 0.717) is 0 Å². The maximum Gasteiger partial charge on any atom is 0.119 e. The lowest BCUT2D eigenvalue weighted by Crippen LogP contribution is -1.95. The minimum Gasteiger partial charge on any atom is -0.494 e. The predicted octanol–water partition coefficient (Wildman–Crippen LogP) is 4.92. The first-order chi connectivity index (χ1) is 7.43. The monoisotopic (exact) mass is 210 g/mol. The van der Waals surface area contributed by atoms with Crippen LogP contribution in [0.2, 0.25) is 0 Å². The Balaban J connectivity index is 0. The second-order valence-corrected chi connectivity index (χ2v) is 2.52. The number of unbranched alkanes of at least 4 members (excludes halogenated alkanes) is 1. The molecule has 88 valence electrons. The molecule has 0 amide bonds. The van der Waals surface area contributed by atoms with Crippen LogP contribution in [0.3, 0.4) is 0 Å². The van der Waals surface area contributed by atoms with Crippen LogP contribution in [-0.2, 0) is 0 Å². The summed E-state index contributed by atoms with van der Waals surface area (Å²) in [6, 6.07) is 9.93. The Morgan fingerprint density at radius 3 is 1.93 bits per heavy atom. The Bertz CT molecular complexity index is 182. The van der Waals surface area contributed by atoms with E-state index in [9.17, 15) is 0 Å². The Hall–Kier alpha value is -0.980. The third-order valence-corrected chi connectivity index (χ3v) is 1.51. The van der Waals surface area contributed by atoms with Crippen molar-refractivity contribution in [2.24, 2.45) is 0 Å². The van der Waals surface area contributed by atoms with Gasteiger partial charge in [-0.1, -0.05) is 59.2 Å². The highest BCUT2D eigenvalue weighted by atomic mass is 16.5. The van der Waals surface area contributed by atoms with Crippen molar-refractivity contribution in [1.82, 2.24) is 0 Å². The summed E-state index contributed by atoms with van der Waals surface area (Å²) < 4.78 is 5.45. The summed E-state index contributed by atoms with van der Waals surface area (Å²) in [4.78, 5) is 0. The Kier molecular flexibility index (Phi) is 17.0. The fourth-order valence-corrected chi connectivity index (χ4v) is 0.851. The van der Waals surface area contributed by atoms with Crippen molar-refractivity contribution in [3.05, 3.63) is 30.3 Å². The number of benzene rings is 1. The van der Waals surface area contributed by atoms with Crippen LogP contribution in [0, 0.1) is 0 Å². The maximum absolute atomic E-state index is 5.45. The summed E-state index contributed by atoms with van der Waals surface area (Å²) in [6.07, 6.45) is 2.32. The first kappa shape index (κ1) is 16.4. The van der Waals surface area contributed by atoms with Gasteiger partial charge in [0.1, 0.15) is 5.75 Å². The van der Waals surface area contributed by atoms with E-state index in [2.05, 4.69) is 6.92 Å². The van der Waals surface area contributed by atoms with Gasteiger partial charge < -0.3 is 4.74 Å². The molecule has 1 heteroatoms. The molecule has 1 nitrogen and oxygen atoms in total. The van der Waals surface area contributed by atoms with E-state index in [-0.39, 0.29) is 0 Å². The smallest absolute Gasteiger partial charge is 0.119 e. The van der Waals surface area contributed by atoms with E-state index < -0.39 is 0 Å². The molecule has 0 aromatic heterocycles. The summed E-state index contributed by atoms with van der Waals surface area (Å²) in [7, 11) is 0. The quantitative estimate of drug-likeness (QED) is 0.641. The van der Waals surface area contributed by atoms with Crippen LogP contribution >= 0.6 is 0 Å². The lowest BCUT2D eigenvalue weighted by molar-refractivity contribution is 0.309. The Labute approximate surface area is 95.5 Å². The summed E-state index contributed by atoms with van der Waals surface area (Å²) in [5.41, 5.74) is 0. The molecule has 0 bridgehead atoms. The maximum atomic E-state index is 5.45. The second-order valence-electron chi connectivity index (χ2n) is 2.52. The molecule has 0 aliphatic rings. The highest BCUT2D eigenvalue weighted by Gasteiger charge is 1.88. The van der Waals surface area contributed by atoms with Crippen LogP contribution in [-0.4, -0.2) is 6.61 Å². The summed E-state index contributed by atoms with van der Waals surface area (Å²) in [5.74, 6) is 0.973. The molecule has 0 aliphatic carbocycles. The molecule has 0 N–H and O–H groups in total. The van der Waals surface area contributed by atoms with E-state index in [4.69, 9.17) is 4.74 Å². The number of para-hydroxylation sites is 1. The van der Waals surface area contributed by atoms with Crippen molar-refractivity contribution in [2.75, 3.05) is 6.61 Å². The molecule has 1 rings (SSSR count). The van der Waals surface area contributed by atoms with Crippen LogP contribution in [0.15, 0.2) is 30.3 Å². The van der Waals surface area contributed by atoms with E-state index in [1.807, 2.05) is 58.0 Å². The molecule has 0 aliphatic heterocycles. The molecule has 1 aromatic carbocycles. The van der Waals surface area contributed by atoms with Gasteiger partial charge in [0, 0.05) is 0 Å². The van der Waals surface area contributed by atoms with Crippen LogP contribution in [0.5, 0.6) is 5.75 Å². The van der Waals surface area contributed by atoms with Gasteiger partial charge >= 0.3 is 0 Å². The molecule has 1 aromatic rings. The fraction of sp³-hybridized carbons (Fsp3) is 0.571. The SMILES string of the molecule is CC.CC.CCCCOc1ccccc1. The third kappa shape index (κ3) is 10.9. The second kappa shape index (κ2) is 15.5. The van der Waals surface area contributed by atoms with Gasteiger partial charge in [-0.05, 0) is 18.6 Å². The number of rotatable bonds is 4. The summed E-state index contributed by atoms with van der Waals surface area (Å²) >= 11 is 0. The molecule has 0 radical (unpaired) electrons. The van der Waals surface area contributed by atoms with Gasteiger partial charge in [0.05, 0.1) is 6.61 Å². The van der Waals surface area contributed by atoms with Gasteiger partial charge in [0.15, 0.2) is 0 Å². The molecule has 0 fully saturated rings. The van der Waals surface area contributed by atoms with Crippen molar-refractivity contribution >= 4 is 0 Å². The van der Waals surface area contributed by atoms with Crippen molar-refractivity contribution < 1.29 is 4.74 Å². The largest absolute Gasteiger partial charge is 0.494 e. The van der Waals surface area contributed by atoms with Crippen LogP contribution < -0.4 is 4.74 Å². The number of hydrogen-bond acceptors (Lipinski definition) is 1. The molecule has 0 saturated carbocycles. The normalized spacial score (nSPS) is 7.80. The van der Waals surface area contributed by atoms with Crippen molar-refractivity contribution in [2.45, 2.75) is 47.5 Å². The molecule has 0 unspecified atom stereocenters. The summed E-state index contributed by atoms with van der Waals surface area (Å²) in [5, 5.41) is 0. The molecular weight excluding hydrogens is 184 g/mol. The van der Waals surface area contributed by atoms with Crippen LogP contribution in [0.4, 0.5) is 0 Å². The molecule has 0 atom stereocenters. The van der Waals surface area contributed by atoms with E-state index in [1.165, 1.54) is 6.42 Å². The van der Waals surface area contributed by atoms with E-state index >= 15 is 0 Å². The van der Waals surface area contributed by atoms with Gasteiger partial charge in [0.25, 0.3) is 0 Å². The predicted molar refractivity (Wildman–Crippen MR) is 69.5 cm³/mol. The molecule has 15 heavy (non-hydrogen) atoms.